The standard InChI is InChI=1S/C27H25ClF4N6O2/c1-37-6-8-38(9-7-37)15-16-10-17(27(30,31)32)12-18(11-16)35-26(39)36-22-3-2-19(13-21(22)29)40-23-4-5-33-25-24(23)20(28)14-34-25/h2-5,10-14H,6-9,15H2,1H3,(H,33,34)(H2,35,36,39). The zero-order valence-corrected chi connectivity index (χ0v) is 22.0. The number of carbonyl (C=O) groups is 1. The van der Waals surface area contributed by atoms with E-state index in [2.05, 4.69) is 30.4 Å². The second-order valence-corrected chi connectivity index (χ2v) is 9.90. The van der Waals surface area contributed by atoms with Gasteiger partial charge in [0.1, 0.15) is 23.0 Å². The summed E-state index contributed by atoms with van der Waals surface area (Å²) in [7, 11) is 1.99. The molecule has 8 nitrogen and oxygen atoms in total. The number of ether oxygens (including phenoxy) is 1. The second-order valence-electron chi connectivity index (χ2n) is 9.49. The van der Waals surface area contributed by atoms with Gasteiger partial charge in [-0.05, 0) is 49.0 Å². The molecule has 0 saturated carbocycles. The van der Waals surface area contributed by atoms with Gasteiger partial charge < -0.3 is 25.3 Å². The molecule has 1 fully saturated rings. The molecule has 2 aromatic heterocycles. The molecule has 1 saturated heterocycles. The molecule has 13 heteroatoms. The van der Waals surface area contributed by atoms with Crippen molar-refractivity contribution in [2.75, 3.05) is 43.9 Å². The number of nitrogens with zero attached hydrogens (tertiary/aromatic N) is 3. The number of fused-ring (bicyclic) bond motifs is 1. The number of likely N-dealkylation sites (N-methyl/N-ethyl adjacent to an activating group) is 1. The first-order chi connectivity index (χ1) is 19.0. The molecule has 0 atom stereocenters. The molecule has 3 heterocycles. The van der Waals surface area contributed by atoms with Gasteiger partial charge in [0.15, 0.2) is 0 Å². The molecule has 0 unspecified atom stereocenters. The Hall–Kier alpha value is -3.87. The van der Waals surface area contributed by atoms with Crippen LogP contribution in [-0.2, 0) is 12.7 Å². The fourth-order valence-electron chi connectivity index (χ4n) is 4.43. The van der Waals surface area contributed by atoms with Crippen LogP contribution >= 0.6 is 11.6 Å². The summed E-state index contributed by atoms with van der Waals surface area (Å²) in [5.74, 6) is -0.316. The van der Waals surface area contributed by atoms with Crippen molar-refractivity contribution in [3.05, 3.63) is 76.8 Å². The van der Waals surface area contributed by atoms with Crippen LogP contribution in [0.3, 0.4) is 0 Å². The van der Waals surface area contributed by atoms with Crippen molar-refractivity contribution in [2.45, 2.75) is 12.7 Å². The number of hydrogen-bond donors (Lipinski definition) is 3. The summed E-state index contributed by atoms with van der Waals surface area (Å²) >= 11 is 6.18. The fourth-order valence-corrected chi connectivity index (χ4v) is 4.67. The number of alkyl halides is 3. The third-order valence-corrected chi connectivity index (χ3v) is 6.78. The number of urea groups is 1. The Morgan fingerprint density at radius 1 is 1.10 bits per heavy atom. The van der Waals surface area contributed by atoms with Gasteiger partial charge in [0.05, 0.1) is 21.7 Å². The zero-order valence-electron chi connectivity index (χ0n) is 21.3. The number of aromatic nitrogens is 2. The SMILES string of the molecule is CN1CCN(Cc2cc(NC(=O)Nc3ccc(Oc4ccnc5[nH]cc(Cl)c45)cc3F)cc(C(F)(F)F)c2)CC1. The summed E-state index contributed by atoms with van der Waals surface area (Å²) in [4.78, 5) is 23.9. The number of amides is 2. The number of pyridine rings is 1. The predicted octanol–water partition coefficient (Wildman–Crippen LogP) is 6.56. The van der Waals surface area contributed by atoms with Gasteiger partial charge in [0, 0.05) is 56.9 Å². The molecule has 4 aromatic rings. The number of anilines is 2. The Morgan fingerprint density at radius 2 is 1.88 bits per heavy atom. The Bertz CT molecular complexity index is 1540. The summed E-state index contributed by atoms with van der Waals surface area (Å²) < 4.78 is 61.3. The number of carbonyl (C=O) groups excluding carboxylic acids is 1. The van der Waals surface area contributed by atoms with Crippen molar-refractivity contribution in [1.29, 1.82) is 0 Å². The van der Waals surface area contributed by atoms with E-state index >= 15 is 0 Å². The lowest BCUT2D eigenvalue weighted by Gasteiger charge is -2.32. The summed E-state index contributed by atoms with van der Waals surface area (Å²) in [5, 5.41) is 5.64. The van der Waals surface area contributed by atoms with E-state index in [1.165, 1.54) is 24.4 Å². The Kier molecular flexibility index (Phi) is 7.83. The average molecular weight is 577 g/mol. The van der Waals surface area contributed by atoms with Crippen LogP contribution in [0.25, 0.3) is 11.0 Å². The Labute approximate surface area is 231 Å². The van der Waals surface area contributed by atoms with Crippen molar-refractivity contribution in [1.82, 2.24) is 19.8 Å². The number of aromatic amines is 1. The van der Waals surface area contributed by atoms with E-state index in [-0.39, 0.29) is 17.1 Å². The molecule has 0 bridgehead atoms. The number of piperazine rings is 1. The first-order valence-corrected chi connectivity index (χ1v) is 12.7. The Balaban J connectivity index is 1.28. The number of hydrogen-bond acceptors (Lipinski definition) is 5. The van der Waals surface area contributed by atoms with Crippen molar-refractivity contribution in [2.24, 2.45) is 0 Å². The maximum atomic E-state index is 14.8. The maximum absolute atomic E-state index is 14.8. The highest BCUT2D eigenvalue weighted by Gasteiger charge is 2.31. The van der Waals surface area contributed by atoms with Crippen LogP contribution < -0.4 is 15.4 Å². The molecular formula is C27H25ClF4N6O2. The monoisotopic (exact) mass is 576 g/mol. The van der Waals surface area contributed by atoms with Crippen LogP contribution in [0.4, 0.5) is 33.7 Å². The lowest BCUT2D eigenvalue weighted by molar-refractivity contribution is -0.137. The minimum Gasteiger partial charge on any atom is -0.456 e. The highest BCUT2D eigenvalue weighted by molar-refractivity contribution is 6.36. The lowest BCUT2D eigenvalue weighted by atomic mass is 10.1. The molecule has 5 rings (SSSR count). The van der Waals surface area contributed by atoms with E-state index in [0.29, 0.717) is 33.9 Å². The first kappa shape index (κ1) is 27.7. The molecule has 0 spiro atoms. The molecule has 2 aromatic carbocycles. The van der Waals surface area contributed by atoms with E-state index in [1.54, 1.807) is 12.3 Å². The summed E-state index contributed by atoms with van der Waals surface area (Å²) in [5.41, 5.74) is -0.208. The highest BCUT2D eigenvalue weighted by Crippen LogP contribution is 2.35. The average Bonchev–Trinajstić information content (AvgIpc) is 3.28. The zero-order chi connectivity index (χ0) is 28.4. The van der Waals surface area contributed by atoms with Crippen LogP contribution in [0.1, 0.15) is 11.1 Å². The van der Waals surface area contributed by atoms with Crippen LogP contribution in [0.5, 0.6) is 11.5 Å². The van der Waals surface area contributed by atoms with E-state index in [0.717, 1.165) is 44.4 Å². The molecule has 40 heavy (non-hydrogen) atoms. The smallest absolute Gasteiger partial charge is 0.416 e. The van der Waals surface area contributed by atoms with Crippen LogP contribution in [0.2, 0.25) is 5.02 Å². The third-order valence-electron chi connectivity index (χ3n) is 6.48. The summed E-state index contributed by atoms with van der Waals surface area (Å²) in [6.07, 6.45) is -1.54. The van der Waals surface area contributed by atoms with Gasteiger partial charge in [-0.25, -0.2) is 14.2 Å². The van der Waals surface area contributed by atoms with Crippen molar-refractivity contribution in [3.8, 4) is 11.5 Å². The van der Waals surface area contributed by atoms with Gasteiger partial charge in [0.2, 0.25) is 0 Å². The molecule has 1 aliphatic rings. The fraction of sp³-hybridized carbons (Fsp3) is 0.259. The van der Waals surface area contributed by atoms with E-state index in [1.807, 2.05) is 7.05 Å². The number of benzene rings is 2. The third kappa shape index (κ3) is 6.46. The van der Waals surface area contributed by atoms with Gasteiger partial charge >= 0.3 is 12.2 Å². The maximum Gasteiger partial charge on any atom is 0.416 e. The minimum absolute atomic E-state index is 0.0538. The number of halogens is 5. The molecule has 210 valence electrons. The Morgan fingerprint density at radius 3 is 2.60 bits per heavy atom. The number of H-pyrrole nitrogens is 1. The lowest BCUT2D eigenvalue weighted by Crippen LogP contribution is -2.43. The number of nitrogens with one attached hydrogen (secondary N) is 3. The second kappa shape index (κ2) is 11.3. The number of rotatable bonds is 6. The summed E-state index contributed by atoms with van der Waals surface area (Å²) in [6.45, 7) is 3.38. The van der Waals surface area contributed by atoms with Crippen molar-refractivity contribution >= 4 is 40.0 Å². The van der Waals surface area contributed by atoms with Gasteiger partial charge in [-0.15, -0.1) is 0 Å². The molecule has 1 aliphatic heterocycles. The van der Waals surface area contributed by atoms with Crippen LogP contribution in [-0.4, -0.2) is 59.0 Å². The summed E-state index contributed by atoms with van der Waals surface area (Å²) in [6, 6.07) is 7.89. The first-order valence-electron chi connectivity index (χ1n) is 12.3. The van der Waals surface area contributed by atoms with Crippen molar-refractivity contribution in [3.63, 3.8) is 0 Å². The van der Waals surface area contributed by atoms with E-state index in [4.69, 9.17) is 16.3 Å². The van der Waals surface area contributed by atoms with Gasteiger partial charge in [-0.1, -0.05) is 11.6 Å². The van der Waals surface area contributed by atoms with Crippen LogP contribution in [0.15, 0.2) is 54.9 Å². The largest absolute Gasteiger partial charge is 0.456 e. The van der Waals surface area contributed by atoms with Crippen LogP contribution in [0, 0.1) is 5.82 Å². The molecule has 0 aliphatic carbocycles. The molecule has 2 amide bonds. The van der Waals surface area contributed by atoms with E-state index in [9.17, 15) is 22.4 Å². The van der Waals surface area contributed by atoms with Gasteiger partial charge in [-0.2, -0.15) is 13.2 Å². The molecule has 3 N–H and O–H groups in total. The van der Waals surface area contributed by atoms with Gasteiger partial charge in [-0.3, -0.25) is 4.90 Å². The van der Waals surface area contributed by atoms with Gasteiger partial charge in [0.25, 0.3) is 0 Å². The minimum atomic E-state index is -4.60. The highest BCUT2D eigenvalue weighted by atomic mass is 35.5. The topological polar surface area (TPSA) is 85.5 Å². The predicted molar refractivity (Wildman–Crippen MR) is 144 cm³/mol. The normalized spacial score (nSPS) is 14.8. The van der Waals surface area contributed by atoms with Crippen molar-refractivity contribution < 1.29 is 27.1 Å². The molecular weight excluding hydrogens is 552 g/mol. The quantitative estimate of drug-likeness (QED) is 0.226. The molecule has 0 radical (unpaired) electrons. The van der Waals surface area contributed by atoms with E-state index < -0.39 is 23.6 Å².